The predicted molar refractivity (Wildman–Crippen MR) is 82.5 cm³/mol. The monoisotopic (exact) mass is 302 g/mol. The van der Waals surface area contributed by atoms with Crippen LogP contribution in [0.1, 0.15) is 40.0 Å². The smallest absolute Gasteiger partial charge is 0.254 e. The summed E-state index contributed by atoms with van der Waals surface area (Å²) in [6.07, 6.45) is 2.59. The molecule has 1 aliphatic rings. The maximum absolute atomic E-state index is 12.2. The number of amides is 1. The van der Waals surface area contributed by atoms with Gasteiger partial charge in [-0.15, -0.1) is 0 Å². The van der Waals surface area contributed by atoms with Gasteiger partial charge < -0.3 is 10.4 Å². The van der Waals surface area contributed by atoms with Gasteiger partial charge in [-0.25, -0.2) is 0 Å². The second-order valence-corrected chi connectivity index (χ2v) is 6.17. The van der Waals surface area contributed by atoms with Crippen LogP contribution in [0.15, 0.2) is 29.6 Å². The third-order valence-electron chi connectivity index (χ3n) is 4.09. The predicted octanol–water partition coefficient (Wildman–Crippen LogP) is 2.41. The van der Waals surface area contributed by atoms with Gasteiger partial charge in [-0.1, -0.05) is 24.3 Å². The van der Waals surface area contributed by atoms with Crippen molar-refractivity contribution < 1.29 is 9.90 Å². The van der Waals surface area contributed by atoms with E-state index >= 15 is 0 Å². The Hall–Kier alpha value is -1.72. The van der Waals surface area contributed by atoms with Crippen molar-refractivity contribution in [2.24, 2.45) is 0 Å². The molecule has 0 saturated carbocycles. The van der Waals surface area contributed by atoms with E-state index in [1.54, 1.807) is 5.38 Å². The minimum atomic E-state index is -0.970. The number of carbonyl (C=O) groups is 1. The van der Waals surface area contributed by atoms with Gasteiger partial charge in [0.2, 0.25) is 0 Å². The van der Waals surface area contributed by atoms with Crippen LogP contribution >= 0.6 is 11.5 Å². The molecule has 1 unspecified atom stereocenters. The summed E-state index contributed by atoms with van der Waals surface area (Å²) >= 11 is 1.27. The van der Waals surface area contributed by atoms with Crippen molar-refractivity contribution in [3.8, 4) is 0 Å². The second-order valence-electron chi connectivity index (χ2n) is 5.54. The first-order valence-electron chi connectivity index (χ1n) is 7.10. The quantitative estimate of drug-likeness (QED) is 0.915. The normalized spacial score (nSPS) is 20.9. The fraction of sp³-hybridized carbons (Fsp3) is 0.375. The van der Waals surface area contributed by atoms with Gasteiger partial charge in [-0.3, -0.25) is 4.79 Å². The maximum atomic E-state index is 12.2. The van der Waals surface area contributed by atoms with Crippen LogP contribution in [0, 0.1) is 6.92 Å². The van der Waals surface area contributed by atoms with Crippen LogP contribution in [-0.4, -0.2) is 21.9 Å². The third-order valence-corrected chi connectivity index (χ3v) is 4.81. The van der Waals surface area contributed by atoms with E-state index in [4.69, 9.17) is 0 Å². The lowest BCUT2D eigenvalue weighted by atomic mass is 9.79. The minimum absolute atomic E-state index is 0.169. The van der Waals surface area contributed by atoms with Crippen LogP contribution in [0.25, 0.3) is 0 Å². The van der Waals surface area contributed by atoms with E-state index < -0.39 is 5.60 Å². The second kappa shape index (κ2) is 5.58. The molecule has 3 rings (SSSR count). The number of nitrogens with one attached hydrogen (secondary N) is 1. The van der Waals surface area contributed by atoms with Crippen LogP contribution in [0.2, 0.25) is 0 Å². The molecule has 0 bridgehead atoms. The molecule has 0 radical (unpaired) electrons. The van der Waals surface area contributed by atoms with Crippen molar-refractivity contribution in [2.45, 2.75) is 31.8 Å². The van der Waals surface area contributed by atoms with Crippen LogP contribution in [0.4, 0.5) is 0 Å². The van der Waals surface area contributed by atoms with E-state index in [0.717, 1.165) is 24.1 Å². The van der Waals surface area contributed by atoms with Crippen LogP contribution in [-0.2, 0) is 12.0 Å². The van der Waals surface area contributed by atoms with E-state index in [1.165, 1.54) is 17.1 Å². The summed E-state index contributed by atoms with van der Waals surface area (Å²) in [5.74, 6) is -0.169. The molecule has 0 spiro atoms. The number of hydrogen-bond acceptors (Lipinski definition) is 4. The summed E-state index contributed by atoms with van der Waals surface area (Å²) in [6, 6.07) is 7.93. The molecule has 0 aliphatic heterocycles. The topological polar surface area (TPSA) is 62.2 Å². The number of aliphatic hydroxyl groups is 1. The lowest BCUT2D eigenvalue weighted by Crippen LogP contribution is -2.43. The Morgan fingerprint density at radius 1 is 1.48 bits per heavy atom. The molecule has 1 heterocycles. The Labute approximate surface area is 128 Å². The highest BCUT2D eigenvalue weighted by atomic mass is 32.1. The number of hydrogen-bond donors (Lipinski definition) is 2. The molecule has 4 nitrogen and oxygen atoms in total. The lowest BCUT2D eigenvalue weighted by Gasteiger charge is -2.34. The molecular weight excluding hydrogens is 284 g/mol. The zero-order valence-corrected chi connectivity index (χ0v) is 12.7. The molecule has 2 N–H and O–H groups in total. The van der Waals surface area contributed by atoms with E-state index in [1.807, 2.05) is 31.2 Å². The van der Waals surface area contributed by atoms with E-state index in [-0.39, 0.29) is 12.5 Å². The van der Waals surface area contributed by atoms with Gasteiger partial charge >= 0.3 is 0 Å². The zero-order valence-electron chi connectivity index (χ0n) is 11.9. The number of aryl methyl sites for hydroxylation is 2. The van der Waals surface area contributed by atoms with Gasteiger partial charge in [0.05, 0.1) is 17.8 Å². The standard InChI is InChI=1S/C16H18N2O2S/c1-11-13(9-21-18-11)15(19)17-10-16(20)8-4-6-12-5-2-3-7-14(12)16/h2-3,5,7,9,20H,4,6,8,10H2,1H3,(H,17,19). The molecule has 1 aromatic heterocycles. The van der Waals surface area contributed by atoms with Gasteiger partial charge in [-0.05, 0) is 48.8 Å². The minimum Gasteiger partial charge on any atom is -0.383 e. The molecule has 5 heteroatoms. The van der Waals surface area contributed by atoms with E-state index in [2.05, 4.69) is 9.69 Å². The highest BCUT2D eigenvalue weighted by Gasteiger charge is 2.34. The van der Waals surface area contributed by atoms with Crippen molar-refractivity contribution in [2.75, 3.05) is 6.54 Å². The number of fused-ring (bicyclic) bond motifs is 1. The number of rotatable bonds is 3. The van der Waals surface area contributed by atoms with Gasteiger partial charge in [-0.2, -0.15) is 4.37 Å². The number of benzene rings is 1. The SMILES string of the molecule is Cc1nscc1C(=O)NCC1(O)CCCc2ccccc21. The summed E-state index contributed by atoms with van der Waals surface area (Å²) in [7, 11) is 0. The van der Waals surface area contributed by atoms with Crippen LogP contribution in [0.3, 0.4) is 0 Å². The summed E-state index contributed by atoms with van der Waals surface area (Å²) in [4.78, 5) is 12.2. The molecule has 1 amide bonds. The highest BCUT2D eigenvalue weighted by molar-refractivity contribution is 7.03. The summed E-state index contributed by atoms with van der Waals surface area (Å²) in [5, 5.41) is 15.5. The van der Waals surface area contributed by atoms with Crippen LogP contribution < -0.4 is 5.32 Å². The number of nitrogens with zero attached hydrogens (tertiary/aromatic N) is 1. The van der Waals surface area contributed by atoms with Gasteiger partial charge in [0.15, 0.2) is 0 Å². The van der Waals surface area contributed by atoms with Gasteiger partial charge in [0, 0.05) is 5.38 Å². The van der Waals surface area contributed by atoms with Gasteiger partial charge in [0.25, 0.3) is 5.91 Å². The third kappa shape index (κ3) is 2.71. The molecule has 1 aromatic carbocycles. The average Bonchev–Trinajstić information content (AvgIpc) is 2.92. The molecule has 0 fully saturated rings. The Balaban J connectivity index is 1.76. The van der Waals surface area contributed by atoms with E-state index in [0.29, 0.717) is 12.0 Å². The Morgan fingerprint density at radius 2 is 2.29 bits per heavy atom. The van der Waals surface area contributed by atoms with Crippen molar-refractivity contribution in [1.29, 1.82) is 0 Å². The first-order valence-corrected chi connectivity index (χ1v) is 7.94. The molecular formula is C16H18N2O2S. The number of aromatic nitrogens is 1. The van der Waals surface area contributed by atoms with Crippen molar-refractivity contribution in [1.82, 2.24) is 9.69 Å². The van der Waals surface area contributed by atoms with Crippen molar-refractivity contribution in [3.63, 3.8) is 0 Å². The highest BCUT2D eigenvalue weighted by Crippen LogP contribution is 2.34. The molecule has 0 saturated heterocycles. The summed E-state index contributed by atoms with van der Waals surface area (Å²) in [5.41, 5.74) is 2.47. The number of carbonyl (C=O) groups excluding carboxylic acids is 1. The first-order chi connectivity index (χ1) is 10.1. The summed E-state index contributed by atoms with van der Waals surface area (Å²) < 4.78 is 4.10. The molecule has 1 atom stereocenters. The Morgan fingerprint density at radius 3 is 3.05 bits per heavy atom. The first kappa shape index (κ1) is 14.2. The zero-order chi connectivity index (χ0) is 14.9. The van der Waals surface area contributed by atoms with Gasteiger partial charge in [0.1, 0.15) is 5.60 Å². The molecule has 110 valence electrons. The van der Waals surface area contributed by atoms with Crippen LogP contribution in [0.5, 0.6) is 0 Å². The lowest BCUT2D eigenvalue weighted by molar-refractivity contribution is 0.0189. The van der Waals surface area contributed by atoms with Crippen molar-refractivity contribution >= 4 is 17.4 Å². The maximum Gasteiger partial charge on any atom is 0.254 e. The molecule has 2 aromatic rings. The fourth-order valence-electron chi connectivity index (χ4n) is 2.91. The average molecular weight is 302 g/mol. The Kier molecular flexibility index (Phi) is 3.78. The molecule has 1 aliphatic carbocycles. The largest absolute Gasteiger partial charge is 0.383 e. The Bertz CT molecular complexity index is 668. The molecule has 21 heavy (non-hydrogen) atoms. The fourth-order valence-corrected chi connectivity index (χ4v) is 3.61. The van der Waals surface area contributed by atoms with E-state index in [9.17, 15) is 9.90 Å². The summed E-state index contributed by atoms with van der Waals surface area (Å²) in [6.45, 7) is 2.05. The van der Waals surface area contributed by atoms with Crippen molar-refractivity contribution in [3.05, 3.63) is 52.0 Å².